The van der Waals surface area contributed by atoms with Gasteiger partial charge in [-0.3, -0.25) is 0 Å². The zero-order valence-corrected chi connectivity index (χ0v) is 17.0. The molecule has 0 fully saturated rings. The van der Waals surface area contributed by atoms with Gasteiger partial charge in [0.05, 0.1) is 26.9 Å². The van der Waals surface area contributed by atoms with Crippen LogP contribution >= 0.6 is 0 Å². The molecule has 0 spiro atoms. The van der Waals surface area contributed by atoms with E-state index in [0.717, 1.165) is 0 Å². The van der Waals surface area contributed by atoms with Crippen molar-refractivity contribution in [3.8, 4) is 23.0 Å². The molecule has 29 heavy (non-hydrogen) atoms. The lowest BCUT2D eigenvalue weighted by atomic mass is 9.96. The molecule has 0 aliphatic carbocycles. The van der Waals surface area contributed by atoms with Crippen molar-refractivity contribution in [2.45, 2.75) is 39.6 Å². The lowest BCUT2D eigenvalue weighted by Gasteiger charge is -2.24. The minimum Gasteiger partial charge on any atom is -0.495 e. The summed E-state index contributed by atoms with van der Waals surface area (Å²) < 4.78 is 22.4. The SMILES string of the molecule is COc1cc(CO)cc2c1Oc1ccc(C(O)CC(C)C)c(OC)c1C(=O)OC2. The molecule has 2 N–H and O–H groups in total. The van der Waals surface area contributed by atoms with Crippen LogP contribution in [0.5, 0.6) is 23.0 Å². The van der Waals surface area contributed by atoms with E-state index < -0.39 is 12.1 Å². The van der Waals surface area contributed by atoms with Crippen LogP contribution in [0.1, 0.15) is 53.4 Å². The zero-order chi connectivity index (χ0) is 21.1. The molecule has 156 valence electrons. The topological polar surface area (TPSA) is 94.5 Å². The average molecular weight is 402 g/mol. The monoisotopic (exact) mass is 402 g/mol. The number of hydrogen-bond donors (Lipinski definition) is 2. The maximum atomic E-state index is 12.8. The van der Waals surface area contributed by atoms with Crippen LogP contribution in [-0.4, -0.2) is 30.4 Å². The first-order valence-electron chi connectivity index (χ1n) is 9.44. The van der Waals surface area contributed by atoms with Gasteiger partial charge in [-0.1, -0.05) is 13.8 Å². The fraction of sp³-hybridized carbons (Fsp3) is 0.409. The Bertz CT molecular complexity index is 905. The molecule has 7 heteroatoms. The van der Waals surface area contributed by atoms with E-state index >= 15 is 0 Å². The van der Waals surface area contributed by atoms with Crippen LogP contribution in [0.15, 0.2) is 24.3 Å². The third-order valence-electron chi connectivity index (χ3n) is 4.78. The van der Waals surface area contributed by atoms with Gasteiger partial charge in [-0.2, -0.15) is 0 Å². The van der Waals surface area contributed by atoms with Gasteiger partial charge in [-0.15, -0.1) is 0 Å². The Morgan fingerprint density at radius 3 is 2.55 bits per heavy atom. The Hall–Kier alpha value is -2.77. The molecule has 1 unspecified atom stereocenters. The van der Waals surface area contributed by atoms with Gasteiger partial charge in [0.25, 0.3) is 0 Å². The summed E-state index contributed by atoms with van der Waals surface area (Å²) in [4.78, 5) is 12.8. The van der Waals surface area contributed by atoms with Crippen LogP contribution in [0.25, 0.3) is 0 Å². The van der Waals surface area contributed by atoms with Crippen molar-refractivity contribution in [3.63, 3.8) is 0 Å². The highest BCUT2D eigenvalue weighted by molar-refractivity contribution is 5.96. The summed E-state index contributed by atoms with van der Waals surface area (Å²) in [5.74, 6) is 0.930. The minimum atomic E-state index is -0.789. The number of rotatable bonds is 6. The van der Waals surface area contributed by atoms with Crippen molar-refractivity contribution in [1.82, 2.24) is 0 Å². The Morgan fingerprint density at radius 2 is 1.93 bits per heavy atom. The van der Waals surface area contributed by atoms with Gasteiger partial charge in [0.15, 0.2) is 11.5 Å². The number of aliphatic hydroxyl groups excluding tert-OH is 2. The fourth-order valence-corrected chi connectivity index (χ4v) is 3.43. The van der Waals surface area contributed by atoms with Gasteiger partial charge in [0.1, 0.15) is 23.7 Å². The molecule has 0 amide bonds. The highest BCUT2D eigenvalue weighted by Gasteiger charge is 2.30. The molecular formula is C22H26O7. The molecule has 0 bridgehead atoms. The highest BCUT2D eigenvalue weighted by atomic mass is 16.6. The standard InChI is InChI=1S/C22H26O7/c1-12(2)7-16(24)15-5-6-17-19(21(15)27-4)22(25)28-11-14-8-13(10-23)9-18(26-3)20(14)29-17/h5-6,8-9,12,16,23-24H,7,10-11H2,1-4H3. The van der Waals surface area contributed by atoms with E-state index in [1.165, 1.54) is 14.2 Å². The molecule has 0 radical (unpaired) electrons. The Kier molecular flexibility index (Phi) is 6.30. The number of aliphatic hydroxyl groups is 2. The first kappa shape index (κ1) is 21.0. The number of cyclic esters (lactones) is 1. The van der Waals surface area contributed by atoms with Crippen molar-refractivity contribution in [2.75, 3.05) is 14.2 Å². The molecule has 1 aliphatic heterocycles. The summed E-state index contributed by atoms with van der Waals surface area (Å²) in [7, 11) is 2.94. The normalized spacial score (nSPS) is 14.1. The van der Waals surface area contributed by atoms with Crippen LogP contribution in [0.3, 0.4) is 0 Å². The average Bonchev–Trinajstić information content (AvgIpc) is 2.70. The summed E-state index contributed by atoms with van der Waals surface area (Å²) in [6, 6.07) is 6.67. The summed E-state index contributed by atoms with van der Waals surface area (Å²) in [6.07, 6.45) is -0.270. The predicted octanol–water partition coefficient (Wildman–Crippen LogP) is 3.74. The van der Waals surface area contributed by atoms with Crippen molar-refractivity contribution < 1.29 is 34.0 Å². The second kappa shape index (κ2) is 8.71. The van der Waals surface area contributed by atoms with E-state index in [0.29, 0.717) is 34.6 Å². The van der Waals surface area contributed by atoms with Crippen LogP contribution < -0.4 is 14.2 Å². The Balaban J connectivity index is 2.14. The second-order valence-electron chi connectivity index (χ2n) is 7.33. The number of hydrogen-bond acceptors (Lipinski definition) is 7. The molecule has 1 aliphatic rings. The minimum absolute atomic E-state index is 0.0558. The van der Waals surface area contributed by atoms with Gasteiger partial charge in [0, 0.05) is 11.1 Å². The lowest BCUT2D eigenvalue weighted by Crippen LogP contribution is -2.15. The second-order valence-corrected chi connectivity index (χ2v) is 7.33. The van der Waals surface area contributed by atoms with Gasteiger partial charge in [-0.05, 0) is 42.2 Å². The van der Waals surface area contributed by atoms with E-state index in [4.69, 9.17) is 18.9 Å². The Morgan fingerprint density at radius 1 is 1.17 bits per heavy atom. The van der Waals surface area contributed by atoms with Crippen molar-refractivity contribution in [2.24, 2.45) is 5.92 Å². The molecule has 2 aromatic carbocycles. The van der Waals surface area contributed by atoms with Gasteiger partial charge >= 0.3 is 5.97 Å². The number of ether oxygens (including phenoxy) is 4. The molecule has 0 saturated heterocycles. The van der Waals surface area contributed by atoms with E-state index in [2.05, 4.69) is 0 Å². The van der Waals surface area contributed by atoms with Gasteiger partial charge in [0.2, 0.25) is 0 Å². The molecule has 1 atom stereocenters. The van der Waals surface area contributed by atoms with E-state index in [1.807, 2.05) is 13.8 Å². The smallest absolute Gasteiger partial charge is 0.346 e. The Labute approximate surface area is 169 Å². The van der Waals surface area contributed by atoms with Gasteiger partial charge < -0.3 is 29.2 Å². The molecule has 1 heterocycles. The zero-order valence-electron chi connectivity index (χ0n) is 17.0. The van der Waals surface area contributed by atoms with E-state index in [-0.39, 0.29) is 36.2 Å². The summed E-state index contributed by atoms with van der Waals surface area (Å²) in [5, 5.41) is 20.1. The number of benzene rings is 2. The summed E-state index contributed by atoms with van der Waals surface area (Å²) in [5.41, 5.74) is 1.82. The quantitative estimate of drug-likeness (QED) is 0.711. The molecular weight excluding hydrogens is 376 g/mol. The number of carbonyl (C=O) groups is 1. The molecule has 0 saturated carbocycles. The molecule has 7 nitrogen and oxygen atoms in total. The molecule has 3 rings (SSSR count). The molecule has 0 aromatic heterocycles. The van der Waals surface area contributed by atoms with Crippen LogP contribution in [0.4, 0.5) is 0 Å². The van der Waals surface area contributed by atoms with Crippen molar-refractivity contribution in [3.05, 3.63) is 46.5 Å². The maximum Gasteiger partial charge on any atom is 0.346 e. The van der Waals surface area contributed by atoms with Crippen molar-refractivity contribution in [1.29, 1.82) is 0 Å². The number of methoxy groups -OCH3 is 2. The van der Waals surface area contributed by atoms with Crippen LogP contribution in [0.2, 0.25) is 0 Å². The number of esters is 1. The summed E-state index contributed by atoms with van der Waals surface area (Å²) in [6.45, 7) is 3.77. The summed E-state index contributed by atoms with van der Waals surface area (Å²) >= 11 is 0. The third-order valence-corrected chi connectivity index (χ3v) is 4.78. The third kappa shape index (κ3) is 4.16. The molecule has 2 aromatic rings. The lowest BCUT2D eigenvalue weighted by molar-refractivity contribution is 0.0454. The van der Waals surface area contributed by atoms with E-state index in [9.17, 15) is 15.0 Å². The van der Waals surface area contributed by atoms with Crippen molar-refractivity contribution >= 4 is 5.97 Å². The predicted molar refractivity (Wildman–Crippen MR) is 106 cm³/mol. The number of carbonyl (C=O) groups excluding carboxylic acids is 1. The largest absolute Gasteiger partial charge is 0.495 e. The van der Waals surface area contributed by atoms with Gasteiger partial charge in [-0.25, -0.2) is 4.79 Å². The maximum absolute atomic E-state index is 12.8. The van der Waals surface area contributed by atoms with Crippen LogP contribution in [-0.2, 0) is 18.0 Å². The number of fused-ring (bicyclic) bond motifs is 2. The fourth-order valence-electron chi connectivity index (χ4n) is 3.43. The highest BCUT2D eigenvalue weighted by Crippen LogP contribution is 2.44. The first-order valence-corrected chi connectivity index (χ1v) is 9.44. The van der Waals surface area contributed by atoms with E-state index in [1.54, 1.807) is 24.3 Å². The van der Waals surface area contributed by atoms with Crippen LogP contribution in [0, 0.1) is 5.92 Å². The first-order chi connectivity index (χ1) is 13.9.